The second-order valence-electron chi connectivity index (χ2n) is 0.428. The molecule has 1 radical (unpaired) electrons. The van der Waals surface area contributed by atoms with Crippen molar-refractivity contribution in [3.8, 4) is 0 Å². The maximum atomic E-state index is 4.17. The van der Waals surface area contributed by atoms with Crippen LogP contribution in [0.1, 0.15) is 0 Å². The second kappa shape index (κ2) is 4.41. The Labute approximate surface area is 34.3 Å². The molecule has 0 bridgehead atoms. The van der Waals surface area contributed by atoms with Crippen LogP contribution in [0.2, 0.25) is 6.82 Å². The third kappa shape index (κ3) is 4.41. The van der Waals surface area contributed by atoms with E-state index >= 15 is 0 Å². The van der Waals surface area contributed by atoms with Crippen LogP contribution in [-0.4, -0.2) is 7.48 Å². The molecular formula is CH5BO2P. The normalized spacial score (nSPS) is 7.60. The highest BCUT2D eigenvalue weighted by molar-refractivity contribution is 7.09. The van der Waals surface area contributed by atoms with E-state index in [-0.39, 0.29) is 0 Å². The van der Waals surface area contributed by atoms with Crippen LogP contribution in [0.15, 0.2) is 0 Å². The van der Waals surface area contributed by atoms with Gasteiger partial charge < -0.3 is 4.81 Å². The molecule has 0 fully saturated rings. The average Bonchev–Trinajstić information content (AvgIpc) is 1.41. The summed E-state index contributed by atoms with van der Waals surface area (Å²) in [5, 5.41) is 0. The van der Waals surface area contributed by atoms with Crippen molar-refractivity contribution in [2.24, 2.45) is 0 Å². The van der Waals surface area contributed by atoms with Crippen LogP contribution in [0.3, 0.4) is 0 Å². The quantitative estimate of drug-likeness (QED) is 0.212. The highest BCUT2D eigenvalue weighted by atomic mass is 31.0. The number of hydrogen-bond acceptors (Lipinski definition) is 2. The molecule has 0 aromatic carbocycles. The molecule has 1 unspecified atom stereocenters. The largest absolute Gasteiger partial charge is 0.341 e. The van der Waals surface area contributed by atoms with Crippen molar-refractivity contribution >= 4 is 16.9 Å². The van der Waals surface area contributed by atoms with Crippen molar-refractivity contribution in [2.45, 2.75) is 6.82 Å². The zero-order valence-electron chi connectivity index (χ0n) is 2.97. The lowest BCUT2D eigenvalue weighted by Crippen LogP contribution is -1.83. The van der Waals surface area contributed by atoms with E-state index in [4.69, 9.17) is 0 Å². The molecule has 0 saturated heterocycles. The Hall–Kier alpha value is 0.415. The van der Waals surface area contributed by atoms with Gasteiger partial charge in [-0.3, -0.25) is 0 Å². The van der Waals surface area contributed by atoms with Crippen LogP contribution >= 0.6 is 9.47 Å². The Balaban J connectivity index is 2.19. The van der Waals surface area contributed by atoms with Crippen molar-refractivity contribution in [1.82, 2.24) is 0 Å². The Bertz CT molecular complexity index is 17.1. The number of hydrogen-bond donors (Lipinski definition) is 0. The Morgan fingerprint density at radius 1 is 1.80 bits per heavy atom. The van der Waals surface area contributed by atoms with E-state index in [1.54, 1.807) is 6.82 Å². The van der Waals surface area contributed by atoms with Crippen LogP contribution in [0, 0.1) is 0 Å². The lowest BCUT2D eigenvalue weighted by molar-refractivity contribution is -0.0777. The minimum atomic E-state index is 1.44. The molecule has 0 amide bonds. The molecule has 0 aliphatic rings. The van der Waals surface area contributed by atoms with Gasteiger partial charge in [0.2, 0.25) is 0 Å². The Kier molecular flexibility index (Phi) is 4.78. The molecule has 0 aromatic rings. The topological polar surface area (TPSA) is 18.5 Å². The maximum absolute atomic E-state index is 4.17. The van der Waals surface area contributed by atoms with Crippen molar-refractivity contribution in [3.05, 3.63) is 0 Å². The summed E-state index contributed by atoms with van der Waals surface area (Å²) < 4.78 is 4.05. The summed E-state index contributed by atoms with van der Waals surface area (Å²) in [4.78, 5) is 4.17. The van der Waals surface area contributed by atoms with Crippen LogP contribution in [0.25, 0.3) is 0 Å². The van der Waals surface area contributed by atoms with Crippen molar-refractivity contribution < 1.29 is 9.48 Å². The maximum Gasteiger partial charge on any atom is 0.341 e. The minimum Gasteiger partial charge on any atom is -0.309 e. The lowest BCUT2D eigenvalue weighted by Gasteiger charge is -1.85. The van der Waals surface area contributed by atoms with Gasteiger partial charge in [-0.25, -0.2) is 4.67 Å². The third-order valence-corrected chi connectivity index (χ3v) is 0.263. The molecule has 2 nitrogen and oxygen atoms in total. The summed E-state index contributed by atoms with van der Waals surface area (Å²) in [5.74, 6) is 0. The fourth-order valence-electron chi connectivity index (χ4n) is 0.0556. The first-order valence-electron chi connectivity index (χ1n) is 1.22. The van der Waals surface area contributed by atoms with Crippen LogP contribution in [0.4, 0.5) is 0 Å². The molecule has 1 atom stereocenters. The Morgan fingerprint density at radius 2 is 2.40 bits per heavy atom. The fraction of sp³-hybridized carbons (Fsp3) is 1.00. The lowest BCUT2D eigenvalue weighted by atomic mass is 10.1. The van der Waals surface area contributed by atoms with Gasteiger partial charge >= 0.3 is 7.48 Å². The van der Waals surface area contributed by atoms with E-state index in [9.17, 15) is 0 Å². The van der Waals surface area contributed by atoms with Gasteiger partial charge in [0.1, 0.15) is 0 Å². The molecule has 0 saturated carbocycles. The van der Waals surface area contributed by atoms with E-state index in [0.29, 0.717) is 0 Å². The highest BCUT2D eigenvalue weighted by Crippen LogP contribution is 1.81. The van der Waals surface area contributed by atoms with Crippen LogP contribution < -0.4 is 0 Å². The van der Waals surface area contributed by atoms with Gasteiger partial charge in [-0.15, -0.1) is 0 Å². The molecule has 29 valence electrons. The first kappa shape index (κ1) is 5.41. The van der Waals surface area contributed by atoms with Crippen molar-refractivity contribution in [1.29, 1.82) is 0 Å². The predicted molar refractivity (Wildman–Crippen MR) is 23.5 cm³/mol. The van der Waals surface area contributed by atoms with Gasteiger partial charge in [-0.05, 0) is 0 Å². The molecule has 0 heterocycles. The summed E-state index contributed by atoms with van der Waals surface area (Å²) in [7, 11) is 3.38. The molecule has 0 spiro atoms. The standard InChI is InChI=1S/CH5BO2P/c1-2-3-4-5/h5H2,1H3. The highest BCUT2D eigenvalue weighted by Gasteiger charge is 1.70. The zero-order chi connectivity index (χ0) is 4.12. The first-order valence-corrected chi connectivity index (χ1v) is 1.69. The molecule has 0 aliphatic heterocycles. The van der Waals surface area contributed by atoms with E-state index < -0.39 is 0 Å². The molecule has 0 aliphatic carbocycles. The van der Waals surface area contributed by atoms with Gasteiger partial charge in [0.25, 0.3) is 0 Å². The predicted octanol–water partition coefficient (Wildman–Crippen LogP) is 0.392. The first-order chi connectivity index (χ1) is 2.41. The van der Waals surface area contributed by atoms with Gasteiger partial charge in [0.15, 0.2) is 0 Å². The molecule has 0 N–H and O–H groups in total. The summed E-state index contributed by atoms with van der Waals surface area (Å²) in [6.45, 7) is 1.73. The van der Waals surface area contributed by atoms with Crippen molar-refractivity contribution in [2.75, 3.05) is 0 Å². The van der Waals surface area contributed by atoms with Gasteiger partial charge in [-0.2, -0.15) is 0 Å². The van der Waals surface area contributed by atoms with Crippen LogP contribution in [0.5, 0.6) is 0 Å². The third-order valence-electron chi connectivity index (χ3n) is 0.152. The average molecular weight is 90.8 g/mol. The van der Waals surface area contributed by atoms with E-state index in [1.165, 1.54) is 7.48 Å². The van der Waals surface area contributed by atoms with E-state index in [1.807, 2.05) is 9.47 Å². The molecule has 5 heavy (non-hydrogen) atoms. The fourth-order valence-corrected chi connectivity index (χ4v) is 0.167. The summed E-state index contributed by atoms with van der Waals surface area (Å²) in [6.07, 6.45) is 0. The molecule has 4 heteroatoms. The SMILES string of the molecule is C[B]OOP. The van der Waals surface area contributed by atoms with Gasteiger partial charge in [0, 0.05) is 9.47 Å². The smallest absolute Gasteiger partial charge is 0.309 e. The zero-order valence-corrected chi connectivity index (χ0v) is 4.13. The van der Waals surface area contributed by atoms with Gasteiger partial charge in [0.05, 0.1) is 0 Å². The van der Waals surface area contributed by atoms with Crippen molar-refractivity contribution in [3.63, 3.8) is 0 Å². The summed E-state index contributed by atoms with van der Waals surface area (Å²) in [6, 6.07) is 0. The molecule has 0 aromatic heterocycles. The molecular weight excluding hydrogens is 85.8 g/mol. The molecule has 0 rings (SSSR count). The summed E-state index contributed by atoms with van der Waals surface area (Å²) in [5.41, 5.74) is 0. The Morgan fingerprint density at radius 3 is 2.40 bits per heavy atom. The van der Waals surface area contributed by atoms with Crippen LogP contribution in [-0.2, 0) is 9.48 Å². The van der Waals surface area contributed by atoms with Gasteiger partial charge in [-0.1, -0.05) is 6.82 Å². The summed E-state index contributed by atoms with van der Waals surface area (Å²) >= 11 is 0. The van der Waals surface area contributed by atoms with E-state index in [0.717, 1.165) is 0 Å². The van der Waals surface area contributed by atoms with E-state index in [2.05, 4.69) is 9.48 Å². The minimum absolute atomic E-state index is 1.44. The number of rotatable bonds is 2. The monoisotopic (exact) mass is 91.0 g/mol. The second-order valence-corrected chi connectivity index (χ2v) is 0.621.